The average molecular weight is 268 g/mol. The number of rotatable bonds is 3. The van der Waals surface area contributed by atoms with Gasteiger partial charge in [-0.2, -0.15) is 0 Å². The van der Waals surface area contributed by atoms with E-state index in [9.17, 15) is 4.79 Å². The lowest BCUT2D eigenvalue weighted by molar-refractivity contribution is 0.103. The van der Waals surface area contributed by atoms with Crippen LogP contribution in [-0.2, 0) is 0 Å². The number of halogens is 1. The first-order valence-electron chi connectivity index (χ1n) is 4.88. The Morgan fingerprint density at radius 3 is 2.88 bits per heavy atom. The molecule has 0 spiro atoms. The number of carbonyl (C=O) groups excluding carboxylic acids is 1. The molecule has 1 amide bonds. The number of hydrogen-bond donors (Lipinski definition) is 1. The lowest BCUT2D eigenvalue weighted by Crippen LogP contribution is -2.09. The van der Waals surface area contributed by atoms with Gasteiger partial charge in [0.1, 0.15) is 5.75 Å². The van der Waals surface area contributed by atoms with Gasteiger partial charge in [0.15, 0.2) is 0 Å². The zero-order chi connectivity index (χ0) is 12.3. The molecule has 0 fully saturated rings. The van der Waals surface area contributed by atoms with Crippen molar-refractivity contribution in [1.82, 2.24) is 0 Å². The highest BCUT2D eigenvalue weighted by Crippen LogP contribution is 2.22. The Kier molecular flexibility index (Phi) is 3.66. The summed E-state index contributed by atoms with van der Waals surface area (Å²) in [5, 5.41) is 5.08. The molecule has 5 heteroatoms. The van der Waals surface area contributed by atoms with Crippen molar-refractivity contribution in [2.24, 2.45) is 0 Å². The molecule has 1 N–H and O–H groups in total. The fraction of sp³-hybridized carbons (Fsp3) is 0.0833. The Bertz CT molecular complexity index is 539. The highest BCUT2D eigenvalue weighted by molar-refractivity contribution is 7.12. The van der Waals surface area contributed by atoms with Crippen molar-refractivity contribution >= 4 is 34.5 Å². The zero-order valence-corrected chi connectivity index (χ0v) is 10.6. The van der Waals surface area contributed by atoms with Crippen molar-refractivity contribution in [3.63, 3.8) is 0 Å². The highest BCUT2D eigenvalue weighted by Gasteiger charge is 2.08. The van der Waals surface area contributed by atoms with E-state index in [4.69, 9.17) is 16.3 Å². The van der Waals surface area contributed by atoms with Crippen molar-refractivity contribution in [2.45, 2.75) is 0 Å². The standard InChI is InChI=1S/C12H10ClNO2S/c1-16-10-4-2-3-9(6-10)14-12(15)11-5-8(13)7-17-11/h2-7H,1H3,(H,14,15). The second-order valence-corrected chi connectivity index (χ2v) is 4.66. The minimum absolute atomic E-state index is 0.171. The van der Waals surface area contributed by atoms with Crippen LogP contribution in [0.5, 0.6) is 5.75 Å². The smallest absolute Gasteiger partial charge is 0.265 e. The molecule has 0 radical (unpaired) electrons. The van der Waals surface area contributed by atoms with Gasteiger partial charge in [0.05, 0.1) is 17.0 Å². The lowest BCUT2D eigenvalue weighted by atomic mass is 10.3. The van der Waals surface area contributed by atoms with Crippen molar-refractivity contribution in [3.8, 4) is 5.75 Å². The molecule has 17 heavy (non-hydrogen) atoms. The maximum atomic E-state index is 11.8. The van der Waals surface area contributed by atoms with Gasteiger partial charge in [-0.05, 0) is 18.2 Å². The molecule has 0 aliphatic carbocycles. The number of thiophene rings is 1. The number of benzene rings is 1. The van der Waals surface area contributed by atoms with E-state index in [2.05, 4.69) is 5.32 Å². The Morgan fingerprint density at radius 2 is 2.24 bits per heavy atom. The normalized spacial score (nSPS) is 10.0. The van der Waals surface area contributed by atoms with Crippen molar-refractivity contribution < 1.29 is 9.53 Å². The monoisotopic (exact) mass is 267 g/mol. The van der Waals surface area contributed by atoms with E-state index in [-0.39, 0.29) is 5.91 Å². The Morgan fingerprint density at radius 1 is 1.41 bits per heavy atom. The molecule has 0 atom stereocenters. The molecule has 2 rings (SSSR count). The van der Waals surface area contributed by atoms with Crippen LogP contribution in [0, 0.1) is 0 Å². The topological polar surface area (TPSA) is 38.3 Å². The number of nitrogens with one attached hydrogen (secondary N) is 1. The van der Waals surface area contributed by atoms with Crippen molar-refractivity contribution in [3.05, 3.63) is 45.6 Å². The molecule has 0 saturated carbocycles. The van der Waals surface area contributed by atoms with E-state index < -0.39 is 0 Å². The first kappa shape index (κ1) is 12.0. The van der Waals surface area contributed by atoms with Crippen LogP contribution >= 0.6 is 22.9 Å². The van der Waals surface area contributed by atoms with Gasteiger partial charge in [-0.15, -0.1) is 11.3 Å². The molecular formula is C12H10ClNO2S. The third kappa shape index (κ3) is 2.99. The third-order valence-corrected chi connectivity index (χ3v) is 3.40. The van der Waals surface area contributed by atoms with Crippen LogP contribution in [0.2, 0.25) is 5.02 Å². The fourth-order valence-corrected chi connectivity index (χ4v) is 2.29. The first-order chi connectivity index (χ1) is 8.19. The van der Waals surface area contributed by atoms with E-state index in [0.29, 0.717) is 21.3 Å². The van der Waals surface area contributed by atoms with Crippen molar-refractivity contribution in [1.29, 1.82) is 0 Å². The molecule has 1 aromatic carbocycles. The molecule has 0 unspecified atom stereocenters. The SMILES string of the molecule is COc1cccc(NC(=O)c2cc(Cl)cs2)c1. The summed E-state index contributed by atoms with van der Waals surface area (Å²) in [5.41, 5.74) is 0.693. The maximum absolute atomic E-state index is 11.8. The Hall–Kier alpha value is -1.52. The lowest BCUT2D eigenvalue weighted by Gasteiger charge is -2.05. The average Bonchev–Trinajstić information content (AvgIpc) is 2.76. The number of carbonyl (C=O) groups is 1. The molecule has 88 valence electrons. The van der Waals surface area contributed by atoms with Gasteiger partial charge in [0.2, 0.25) is 0 Å². The summed E-state index contributed by atoms with van der Waals surface area (Å²) in [7, 11) is 1.58. The molecule has 1 aromatic heterocycles. The number of hydrogen-bond acceptors (Lipinski definition) is 3. The summed E-state index contributed by atoms with van der Waals surface area (Å²) in [6.45, 7) is 0. The number of anilines is 1. The second kappa shape index (κ2) is 5.21. The Balaban J connectivity index is 2.12. The summed E-state index contributed by atoms with van der Waals surface area (Å²) >= 11 is 7.08. The third-order valence-electron chi connectivity index (χ3n) is 2.12. The van der Waals surface area contributed by atoms with Gasteiger partial charge in [0, 0.05) is 17.1 Å². The largest absolute Gasteiger partial charge is 0.497 e. The Labute approximate surface area is 108 Å². The predicted octanol–water partition coefficient (Wildman–Crippen LogP) is 3.66. The van der Waals surface area contributed by atoms with Gasteiger partial charge in [-0.1, -0.05) is 17.7 Å². The van der Waals surface area contributed by atoms with E-state index in [0.717, 1.165) is 0 Å². The van der Waals surface area contributed by atoms with E-state index in [1.807, 2.05) is 12.1 Å². The summed E-state index contributed by atoms with van der Waals surface area (Å²) < 4.78 is 5.08. The number of ether oxygens (including phenoxy) is 1. The molecule has 0 bridgehead atoms. The van der Waals surface area contributed by atoms with Crippen LogP contribution in [0.3, 0.4) is 0 Å². The fourth-order valence-electron chi connectivity index (χ4n) is 1.33. The summed E-state index contributed by atoms with van der Waals surface area (Å²) in [5.74, 6) is 0.530. The molecule has 1 heterocycles. The van der Waals surface area contributed by atoms with Crippen LogP contribution < -0.4 is 10.1 Å². The second-order valence-electron chi connectivity index (χ2n) is 3.32. The number of amides is 1. The van der Waals surface area contributed by atoms with E-state index in [1.165, 1.54) is 11.3 Å². The quantitative estimate of drug-likeness (QED) is 0.922. The van der Waals surface area contributed by atoms with Gasteiger partial charge in [-0.25, -0.2) is 0 Å². The first-order valence-corrected chi connectivity index (χ1v) is 6.14. The molecular weight excluding hydrogens is 258 g/mol. The minimum Gasteiger partial charge on any atom is -0.497 e. The van der Waals surface area contributed by atoms with Crippen molar-refractivity contribution in [2.75, 3.05) is 12.4 Å². The zero-order valence-electron chi connectivity index (χ0n) is 9.07. The molecule has 0 saturated heterocycles. The van der Waals surface area contributed by atoms with Gasteiger partial charge in [-0.3, -0.25) is 4.79 Å². The molecule has 0 aliphatic heterocycles. The molecule has 3 nitrogen and oxygen atoms in total. The predicted molar refractivity (Wildman–Crippen MR) is 70.3 cm³/mol. The summed E-state index contributed by atoms with van der Waals surface area (Å²) in [6, 6.07) is 8.83. The van der Waals surface area contributed by atoms with Gasteiger partial charge < -0.3 is 10.1 Å². The van der Waals surface area contributed by atoms with Crippen LogP contribution in [0.25, 0.3) is 0 Å². The minimum atomic E-state index is -0.171. The van der Waals surface area contributed by atoms with E-state index >= 15 is 0 Å². The highest BCUT2D eigenvalue weighted by atomic mass is 35.5. The van der Waals surface area contributed by atoms with Gasteiger partial charge >= 0.3 is 0 Å². The van der Waals surface area contributed by atoms with Crippen LogP contribution in [0.1, 0.15) is 9.67 Å². The van der Waals surface area contributed by atoms with Crippen LogP contribution in [0.15, 0.2) is 35.7 Å². The summed E-state index contributed by atoms with van der Waals surface area (Å²) in [4.78, 5) is 12.4. The summed E-state index contributed by atoms with van der Waals surface area (Å²) in [6.07, 6.45) is 0. The van der Waals surface area contributed by atoms with Crippen LogP contribution in [-0.4, -0.2) is 13.0 Å². The molecule has 2 aromatic rings. The number of methoxy groups -OCH3 is 1. The van der Waals surface area contributed by atoms with E-state index in [1.54, 1.807) is 30.7 Å². The van der Waals surface area contributed by atoms with Gasteiger partial charge in [0.25, 0.3) is 5.91 Å². The van der Waals surface area contributed by atoms with Crippen LogP contribution in [0.4, 0.5) is 5.69 Å². The molecule has 0 aliphatic rings. The maximum Gasteiger partial charge on any atom is 0.265 e.